The highest BCUT2D eigenvalue weighted by atomic mass is 16.3. The van der Waals surface area contributed by atoms with Crippen molar-refractivity contribution in [3.05, 3.63) is 42.9 Å². The van der Waals surface area contributed by atoms with E-state index >= 15 is 0 Å². The van der Waals surface area contributed by atoms with E-state index < -0.39 is 0 Å². The maximum absolute atomic E-state index is 5.50. The third kappa shape index (κ3) is 3.12. The van der Waals surface area contributed by atoms with Crippen molar-refractivity contribution in [1.82, 2.24) is 19.9 Å². The lowest BCUT2D eigenvalue weighted by Gasteiger charge is -2.30. The van der Waals surface area contributed by atoms with Gasteiger partial charge in [-0.25, -0.2) is 9.97 Å². The number of furan rings is 1. The Hall–Kier alpha value is -2.76. The van der Waals surface area contributed by atoms with Gasteiger partial charge >= 0.3 is 0 Å². The standard InChI is InChI=1S/C19H21N5O/c1-13-3-8-24(9-4-13)19-22-11-16(17-12-20-6-7-21-17)18(23-19)15-5-10-25-14(15)2/h5-7,10-13H,3-4,8-9H2,1-2H3. The molecular formula is C19H21N5O. The summed E-state index contributed by atoms with van der Waals surface area (Å²) in [4.78, 5) is 20.4. The van der Waals surface area contributed by atoms with Crippen molar-refractivity contribution < 1.29 is 4.42 Å². The molecule has 3 aromatic heterocycles. The van der Waals surface area contributed by atoms with Gasteiger partial charge in [0.15, 0.2) is 0 Å². The summed E-state index contributed by atoms with van der Waals surface area (Å²) in [6.45, 7) is 6.24. The third-order valence-corrected chi connectivity index (χ3v) is 4.80. The fourth-order valence-electron chi connectivity index (χ4n) is 3.20. The fourth-order valence-corrected chi connectivity index (χ4v) is 3.20. The first-order chi connectivity index (χ1) is 12.2. The molecular weight excluding hydrogens is 314 g/mol. The number of anilines is 1. The average molecular weight is 335 g/mol. The molecule has 25 heavy (non-hydrogen) atoms. The van der Waals surface area contributed by atoms with Gasteiger partial charge in [-0.3, -0.25) is 9.97 Å². The van der Waals surface area contributed by atoms with Crippen molar-refractivity contribution in [3.63, 3.8) is 0 Å². The van der Waals surface area contributed by atoms with E-state index in [1.807, 2.05) is 19.2 Å². The van der Waals surface area contributed by atoms with Crippen molar-refractivity contribution >= 4 is 5.95 Å². The number of piperidine rings is 1. The molecule has 1 aliphatic rings. The van der Waals surface area contributed by atoms with E-state index in [0.29, 0.717) is 0 Å². The van der Waals surface area contributed by atoms with E-state index in [2.05, 4.69) is 26.8 Å². The topological polar surface area (TPSA) is 67.9 Å². The van der Waals surface area contributed by atoms with Gasteiger partial charge in [0.05, 0.1) is 23.8 Å². The molecule has 0 spiro atoms. The van der Waals surface area contributed by atoms with Gasteiger partial charge in [0.1, 0.15) is 5.76 Å². The molecule has 4 rings (SSSR count). The highest BCUT2D eigenvalue weighted by Gasteiger charge is 2.21. The molecule has 1 aliphatic heterocycles. The Morgan fingerprint density at radius 1 is 1.08 bits per heavy atom. The molecule has 1 fully saturated rings. The monoisotopic (exact) mass is 335 g/mol. The molecule has 1 saturated heterocycles. The zero-order chi connectivity index (χ0) is 17.2. The lowest BCUT2D eigenvalue weighted by molar-refractivity contribution is 0.434. The Balaban J connectivity index is 1.79. The smallest absolute Gasteiger partial charge is 0.225 e. The molecule has 0 bridgehead atoms. The van der Waals surface area contributed by atoms with Gasteiger partial charge in [-0.2, -0.15) is 0 Å². The van der Waals surface area contributed by atoms with Crippen LogP contribution in [0.5, 0.6) is 0 Å². The number of hydrogen-bond donors (Lipinski definition) is 0. The van der Waals surface area contributed by atoms with Gasteiger partial charge in [0, 0.05) is 42.8 Å². The van der Waals surface area contributed by atoms with E-state index in [1.54, 1.807) is 24.9 Å². The maximum Gasteiger partial charge on any atom is 0.225 e. The summed E-state index contributed by atoms with van der Waals surface area (Å²) in [5, 5.41) is 0. The molecule has 0 N–H and O–H groups in total. The van der Waals surface area contributed by atoms with Gasteiger partial charge in [-0.05, 0) is 31.7 Å². The number of hydrogen-bond acceptors (Lipinski definition) is 6. The van der Waals surface area contributed by atoms with Crippen molar-refractivity contribution in [3.8, 4) is 22.5 Å². The molecule has 0 saturated carbocycles. The first kappa shape index (κ1) is 15.7. The molecule has 3 aromatic rings. The Morgan fingerprint density at radius 3 is 2.60 bits per heavy atom. The molecule has 4 heterocycles. The third-order valence-electron chi connectivity index (χ3n) is 4.80. The van der Waals surface area contributed by atoms with Crippen LogP contribution in [0.3, 0.4) is 0 Å². The Bertz CT molecular complexity index is 853. The minimum absolute atomic E-state index is 0.761. The molecule has 6 heteroatoms. The van der Waals surface area contributed by atoms with Crippen LogP contribution >= 0.6 is 0 Å². The second-order valence-corrected chi connectivity index (χ2v) is 6.58. The summed E-state index contributed by atoms with van der Waals surface area (Å²) in [5.74, 6) is 2.38. The van der Waals surface area contributed by atoms with Crippen LogP contribution in [0.2, 0.25) is 0 Å². The molecule has 0 aromatic carbocycles. The lowest BCUT2D eigenvalue weighted by Crippen LogP contribution is -2.34. The quantitative estimate of drug-likeness (QED) is 0.726. The fraction of sp³-hybridized carbons (Fsp3) is 0.368. The van der Waals surface area contributed by atoms with E-state index in [0.717, 1.165) is 53.2 Å². The lowest BCUT2D eigenvalue weighted by atomic mass is 9.99. The Morgan fingerprint density at radius 2 is 1.92 bits per heavy atom. The summed E-state index contributed by atoms with van der Waals surface area (Å²) in [6, 6.07) is 1.94. The largest absolute Gasteiger partial charge is 0.469 e. The second kappa shape index (κ2) is 6.63. The van der Waals surface area contributed by atoms with Crippen LogP contribution in [0.25, 0.3) is 22.5 Å². The molecule has 6 nitrogen and oxygen atoms in total. The summed E-state index contributed by atoms with van der Waals surface area (Å²) in [5.41, 5.74) is 3.44. The van der Waals surface area contributed by atoms with Crippen molar-refractivity contribution in [2.24, 2.45) is 5.92 Å². The predicted octanol–water partition coefficient (Wildman–Crippen LogP) is 3.74. The van der Waals surface area contributed by atoms with Gasteiger partial charge in [-0.15, -0.1) is 0 Å². The van der Waals surface area contributed by atoms with Crippen LogP contribution in [0, 0.1) is 12.8 Å². The highest BCUT2D eigenvalue weighted by molar-refractivity contribution is 5.79. The minimum atomic E-state index is 0.761. The van der Waals surface area contributed by atoms with Crippen LogP contribution in [0.1, 0.15) is 25.5 Å². The van der Waals surface area contributed by atoms with E-state index in [1.165, 1.54) is 12.8 Å². The summed E-state index contributed by atoms with van der Waals surface area (Å²) >= 11 is 0. The van der Waals surface area contributed by atoms with Crippen molar-refractivity contribution in [2.75, 3.05) is 18.0 Å². The molecule has 0 unspecified atom stereocenters. The van der Waals surface area contributed by atoms with E-state index in [4.69, 9.17) is 9.40 Å². The summed E-state index contributed by atoms with van der Waals surface area (Å²) in [6.07, 6.45) is 11.0. The number of nitrogens with zero attached hydrogens (tertiary/aromatic N) is 5. The molecule has 0 radical (unpaired) electrons. The highest BCUT2D eigenvalue weighted by Crippen LogP contribution is 2.33. The zero-order valence-electron chi connectivity index (χ0n) is 14.5. The molecule has 0 aliphatic carbocycles. The van der Waals surface area contributed by atoms with Crippen molar-refractivity contribution in [2.45, 2.75) is 26.7 Å². The van der Waals surface area contributed by atoms with Gasteiger partial charge in [0.25, 0.3) is 0 Å². The number of aromatic nitrogens is 4. The average Bonchev–Trinajstić information content (AvgIpc) is 3.08. The number of aryl methyl sites for hydroxylation is 1. The van der Waals surface area contributed by atoms with Gasteiger partial charge in [-0.1, -0.05) is 6.92 Å². The minimum Gasteiger partial charge on any atom is -0.469 e. The first-order valence-corrected chi connectivity index (χ1v) is 8.65. The maximum atomic E-state index is 5.50. The van der Waals surface area contributed by atoms with Crippen LogP contribution in [0.15, 0.2) is 41.5 Å². The Labute approximate surface area is 147 Å². The normalized spacial score (nSPS) is 15.5. The zero-order valence-corrected chi connectivity index (χ0v) is 14.5. The SMILES string of the molecule is Cc1occc1-c1nc(N2CCC(C)CC2)ncc1-c1cnccn1. The van der Waals surface area contributed by atoms with E-state index in [-0.39, 0.29) is 0 Å². The van der Waals surface area contributed by atoms with E-state index in [9.17, 15) is 0 Å². The summed E-state index contributed by atoms with van der Waals surface area (Å²) < 4.78 is 5.50. The van der Waals surface area contributed by atoms with Gasteiger partial charge < -0.3 is 9.32 Å². The van der Waals surface area contributed by atoms with Gasteiger partial charge in [0.2, 0.25) is 5.95 Å². The van der Waals surface area contributed by atoms with Crippen LogP contribution in [0.4, 0.5) is 5.95 Å². The Kier molecular flexibility index (Phi) is 4.17. The summed E-state index contributed by atoms with van der Waals surface area (Å²) in [7, 11) is 0. The molecule has 0 amide bonds. The first-order valence-electron chi connectivity index (χ1n) is 8.65. The molecule has 0 atom stereocenters. The van der Waals surface area contributed by atoms with Crippen LogP contribution < -0.4 is 4.90 Å². The van der Waals surface area contributed by atoms with Crippen LogP contribution in [-0.2, 0) is 0 Å². The predicted molar refractivity (Wildman–Crippen MR) is 96.1 cm³/mol. The van der Waals surface area contributed by atoms with Crippen LogP contribution in [-0.4, -0.2) is 33.0 Å². The number of rotatable bonds is 3. The second-order valence-electron chi connectivity index (χ2n) is 6.58. The molecule has 128 valence electrons. The van der Waals surface area contributed by atoms with Crippen molar-refractivity contribution in [1.29, 1.82) is 0 Å².